The summed E-state index contributed by atoms with van der Waals surface area (Å²) in [6.45, 7) is 1.97. The Bertz CT molecular complexity index is 1140. The molecule has 0 amide bonds. The molecule has 8 nitrogen and oxygen atoms in total. The third kappa shape index (κ3) is 2.35. The molecule has 0 spiro atoms. The van der Waals surface area contributed by atoms with Crippen LogP contribution in [0.1, 0.15) is 11.3 Å². The molecule has 0 radical (unpaired) electrons. The predicted octanol–water partition coefficient (Wildman–Crippen LogP) is 0.855. The van der Waals surface area contributed by atoms with Crippen molar-refractivity contribution in [3.8, 4) is 5.00 Å². The first-order valence-electron chi connectivity index (χ1n) is 7.18. The van der Waals surface area contributed by atoms with Crippen LogP contribution in [0.15, 0.2) is 51.5 Å². The molecule has 0 aliphatic rings. The summed E-state index contributed by atoms with van der Waals surface area (Å²) in [5.74, 6) is 0. The minimum Gasteiger partial charge on any atom is -0.269 e. The molecule has 9 heteroatoms. The molecule has 0 aliphatic carbocycles. The summed E-state index contributed by atoms with van der Waals surface area (Å²) in [6, 6.07) is 8.70. The van der Waals surface area contributed by atoms with Gasteiger partial charge in [-0.1, -0.05) is 6.07 Å². The van der Waals surface area contributed by atoms with Crippen molar-refractivity contribution in [3.05, 3.63) is 74.0 Å². The van der Waals surface area contributed by atoms with Gasteiger partial charge in [-0.3, -0.25) is 9.20 Å². The number of nitrogens with zero attached hydrogens (tertiary/aromatic N) is 6. The lowest BCUT2D eigenvalue weighted by atomic mass is 10.3. The molecule has 24 heavy (non-hydrogen) atoms. The molecule has 0 atom stereocenters. The summed E-state index contributed by atoms with van der Waals surface area (Å²) in [4.78, 5) is 29.1. The van der Waals surface area contributed by atoms with Crippen molar-refractivity contribution in [1.82, 2.24) is 29.2 Å². The van der Waals surface area contributed by atoms with Gasteiger partial charge in [0.2, 0.25) is 0 Å². The van der Waals surface area contributed by atoms with Crippen LogP contribution in [0.4, 0.5) is 0 Å². The van der Waals surface area contributed by atoms with Gasteiger partial charge in [0, 0.05) is 12.3 Å². The molecular weight excluding hydrogens is 328 g/mol. The van der Waals surface area contributed by atoms with E-state index in [9.17, 15) is 9.59 Å². The standard InChI is InChI=1S/C15H12N6O2S/c1-10-4-2-6-19-12(22)8-11(16-14(10)19)9-20-15(23)21(18-17-20)13-5-3-7-24-13/h2-8H,9H2,1H3. The molecule has 4 aromatic rings. The van der Waals surface area contributed by atoms with E-state index in [-0.39, 0.29) is 17.8 Å². The van der Waals surface area contributed by atoms with E-state index in [0.29, 0.717) is 16.3 Å². The molecule has 120 valence electrons. The Morgan fingerprint density at radius 2 is 2.04 bits per heavy atom. The number of hydrogen-bond acceptors (Lipinski definition) is 6. The Balaban J connectivity index is 1.77. The third-order valence-corrected chi connectivity index (χ3v) is 4.45. The number of rotatable bonds is 3. The normalized spacial score (nSPS) is 11.2. The highest BCUT2D eigenvalue weighted by molar-refractivity contribution is 7.12. The van der Waals surface area contributed by atoms with Crippen molar-refractivity contribution in [3.63, 3.8) is 0 Å². The Hall–Kier alpha value is -3.07. The molecule has 0 unspecified atom stereocenters. The predicted molar refractivity (Wildman–Crippen MR) is 88.8 cm³/mol. The number of tetrazole rings is 1. The fourth-order valence-electron chi connectivity index (χ4n) is 2.45. The fourth-order valence-corrected chi connectivity index (χ4v) is 3.11. The summed E-state index contributed by atoms with van der Waals surface area (Å²) < 4.78 is 3.89. The zero-order chi connectivity index (χ0) is 16.7. The van der Waals surface area contributed by atoms with Crippen LogP contribution in [0.5, 0.6) is 0 Å². The molecule has 4 heterocycles. The van der Waals surface area contributed by atoms with Gasteiger partial charge >= 0.3 is 5.69 Å². The largest absolute Gasteiger partial charge is 0.369 e. The van der Waals surface area contributed by atoms with E-state index < -0.39 is 0 Å². The van der Waals surface area contributed by atoms with E-state index >= 15 is 0 Å². The molecule has 4 rings (SSSR count). The Morgan fingerprint density at radius 3 is 2.83 bits per heavy atom. The van der Waals surface area contributed by atoms with E-state index in [1.54, 1.807) is 18.3 Å². The van der Waals surface area contributed by atoms with Crippen molar-refractivity contribution >= 4 is 17.0 Å². The van der Waals surface area contributed by atoms with Crippen LogP contribution in [0.2, 0.25) is 0 Å². The zero-order valence-corrected chi connectivity index (χ0v) is 13.5. The minimum absolute atomic E-state index is 0.0876. The molecule has 0 saturated heterocycles. The second kappa shape index (κ2) is 5.53. The average molecular weight is 340 g/mol. The first kappa shape index (κ1) is 14.5. The number of fused-ring (bicyclic) bond motifs is 1. The van der Waals surface area contributed by atoms with Gasteiger partial charge in [-0.15, -0.1) is 11.3 Å². The molecule has 4 aromatic heterocycles. The highest BCUT2D eigenvalue weighted by Gasteiger charge is 2.12. The number of aryl methyl sites for hydroxylation is 1. The quantitative estimate of drug-likeness (QED) is 0.552. The molecule has 0 N–H and O–H groups in total. The van der Waals surface area contributed by atoms with E-state index in [1.807, 2.05) is 24.4 Å². The summed E-state index contributed by atoms with van der Waals surface area (Å²) in [6.07, 6.45) is 1.67. The first-order chi connectivity index (χ1) is 11.6. The summed E-state index contributed by atoms with van der Waals surface area (Å²) in [7, 11) is 0. The van der Waals surface area contributed by atoms with Gasteiger partial charge in [0.05, 0.1) is 12.2 Å². The Morgan fingerprint density at radius 1 is 1.17 bits per heavy atom. The number of thiophene rings is 1. The lowest BCUT2D eigenvalue weighted by Crippen LogP contribution is -2.26. The van der Waals surface area contributed by atoms with Gasteiger partial charge in [-0.2, -0.15) is 9.36 Å². The highest BCUT2D eigenvalue weighted by Crippen LogP contribution is 2.11. The molecule has 0 aliphatic heterocycles. The smallest absolute Gasteiger partial charge is 0.269 e. The topological polar surface area (TPSA) is 87.1 Å². The lowest BCUT2D eigenvalue weighted by molar-refractivity contribution is 0.620. The SMILES string of the molecule is Cc1cccn2c(=O)cc(Cn3nnn(-c4cccs4)c3=O)nc12. The van der Waals surface area contributed by atoms with Gasteiger partial charge < -0.3 is 0 Å². The summed E-state index contributed by atoms with van der Waals surface area (Å²) in [5.41, 5.74) is 1.35. The maximum Gasteiger partial charge on any atom is 0.369 e. The third-order valence-electron chi connectivity index (χ3n) is 3.61. The number of aromatic nitrogens is 6. The van der Waals surface area contributed by atoms with Gasteiger partial charge in [0.15, 0.2) is 0 Å². The van der Waals surface area contributed by atoms with Crippen molar-refractivity contribution in [2.24, 2.45) is 0 Å². The molecular formula is C15H12N6O2S. The van der Waals surface area contributed by atoms with Crippen molar-refractivity contribution < 1.29 is 0 Å². The lowest BCUT2D eigenvalue weighted by Gasteiger charge is -2.05. The molecule has 0 fully saturated rings. The average Bonchev–Trinajstić information content (AvgIpc) is 3.19. The second-order valence-electron chi connectivity index (χ2n) is 5.25. The van der Waals surface area contributed by atoms with Crippen LogP contribution >= 0.6 is 11.3 Å². The van der Waals surface area contributed by atoms with E-state index in [4.69, 9.17) is 0 Å². The van der Waals surface area contributed by atoms with Crippen LogP contribution < -0.4 is 11.2 Å². The highest BCUT2D eigenvalue weighted by atomic mass is 32.1. The van der Waals surface area contributed by atoms with E-state index in [0.717, 1.165) is 5.56 Å². The van der Waals surface area contributed by atoms with E-state index in [2.05, 4.69) is 15.4 Å². The van der Waals surface area contributed by atoms with Gasteiger partial charge in [0.25, 0.3) is 5.56 Å². The monoisotopic (exact) mass is 340 g/mol. The summed E-state index contributed by atoms with van der Waals surface area (Å²) >= 11 is 1.39. The van der Waals surface area contributed by atoms with Crippen LogP contribution in [-0.2, 0) is 6.54 Å². The molecule has 0 saturated carbocycles. The maximum absolute atomic E-state index is 12.4. The molecule has 0 bridgehead atoms. The first-order valence-corrected chi connectivity index (χ1v) is 8.06. The maximum atomic E-state index is 12.4. The zero-order valence-electron chi connectivity index (χ0n) is 12.7. The van der Waals surface area contributed by atoms with Crippen molar-refractivity contribution in [2.45, 2.75) is 13.5 Å². The Kier molecular flexibility index (Phi) is 3.35. The number of hydrogen-bond donors (Lipinski definition) is 0. The van der Waals surface area contributed by atoms with Crippen molar-refractivity contribution in [1.29, 1.82) is 0 Å². The van der Waals surface area contributed by atoms with Crippen LogP contribution in [-0.4, -0.2) is 29.2 Å². The molecule has 0 aromatic carbocycles. The minimum atomic E-state index is -0.371. The van der Waals surface area contributed by atoms with Crippen LogP contribution in [0.25, 0.3) is 10.6 Å². The van der Waals surface area contributed by atoms with Crippen LogP contribution in [0.3, 0.4) is 0 Å². The van der Waals surface area contributed by atoms with Gasteiger partial charge in [-0.05, 0) is 46.5 Å². The summed E-state index contributed by atoms with van der Waals surface area (Å²) in [5, 5.41) is 10.3. The van der Waals surface area contributed by atoms with Gasteiger partial charge in [0.1, 0.15) is 10.6 Å². The van der Waals surface area contributed by atoms with Crippen LogP contribution in [0, 0.1) is 6.92 Å². The van der Waals surface area contributed by atoms with Gasteiger partial charge in [-0.25, -0.2) is 9.78 Å². The second-order valence-corrected chi connectivity index (χ2v) is 6.18. The van der Waals surface area contributed by atoms with E-state index in [1.165, 1.54) is 31.2 Å². The number of pyridine rings is 1. The van der Waals surface area contributed by atoms with Crippen molar-refractivity contribution in [2.75, 3.05) is 0 Å². The Labute approximate surface area is 139 Å². The fraction of sp³-hybridized carbons (Fsp3) is 0.133.